The van der Waals surface area contributed by atoms with Crippen LogP contribution in [0.5, 0.6) is 0 Å². The van der Waals surface area contributed by atoms with Gasteiger partial charge < -0.3 is 55.2 Å². The molecule has 2 saturated heterocycles. The summed E-state index contributed by atoms with van der Waals surface area (Å²) in [5, 5.41) is 31.8. The fourth-order valence-corrected chi connectivity index (χ4v) is 6.49. The average molecular weight is 719 g/mol. The minimum atomic E-state index is -4.68. The maximum atomic E-state index is 13.0. The number of fused-ring (bicyclic) bond motifs is 2. The lowest BCUT2D eigenvalue weighted by molar-refractivity contribution is -0.0632. The number of nitrogens with zero attached hydrogens (tertiary/aromatic N) is 6. The van der Waals surface area contributed by atoms with E-state index in [9.17, 15) is 43.8 Å². The quantitative estimate of drug-likeness (QED) is 0.0642. The number of ether oxygens (including phenoxy) is 4. The molecule has 0 bridgehead atoms. The predicted molar refractivity (Wildman–Crippen MR) is 157 cm³/mol. The molecule has 10 atom stereocenters. The average Bonchev–Trinajstić information content (AvgIpc) is 3.77. The normalized spacial score (nSPS) is 29.1. The van der Waals surface area contributed by atoms with Crippen molar-refractivity contribution >= 4 is 49.8 Å². The molecule has 24 nitrogen and oxygen atoms in total. The van der Waals surface area contributed by atoms with E-state index >= 15 is 0 Å². The van der Waals surface area contributed by atoms with Crippen LogP contribution in [0.3, 0.4) is 0 Å². The van der Waals surface area contributed by atoms with Crippen LogP contribution in [0.2, 0.25) is 0 Å². The Hall–Kier alpha value is -3.77. The summed E-state index contributed by atoms with van der Waals surface area (Å²) in [6, 6.07) is 0. The Balaban J connectivity index is 1.14. The van der Waals surface area contributed by atoms with Crippen LogP contribution in [0.15, 0.2) is 22.2 Å². The zero-order valence-electron chi connectivity index (χ0n) is 24.2. The molecule has 0 amide bonds. The molecule has 6 heterocycles. The molecule has 4 aromatic rings. The molecule has 2 aliphatic heterocycles. The number of nitrogen functional groups attached to an aromatic ring is 2. The summed E-state index contributed by atoms with van der Waals surface area (Å²) in [5.74, 6) is -0.488. The summed E-state index contributed by atoms with van der Waals surface area (Å²) in [6.07, 6.45) is -10.6. The molecule has 26 heteroatoms. The van der Waals surface area contributed by atoms with Gasteiger partial charge in [-0.25, -0.2) is 9.97 Å². The number of anilines is 2. The largest absolute Gasteiger partial charge is 0.534 e. The van der Waals surface area contributed by atoms with Crippen molar-refractivity contribution in [3.8, 4) is 0 Å². The molecule has 4 unspecified atom stereocenters. The zero-order valence-corrected chi connectivity index (χ0v) is 26.0. The molecule has 11 N–H and O–H groups in total. The van der Waals surface area contributed by atoms with E-state index in [2.05, 4.69) is 29.9 Å². The number of nitrogens with two attached hydrogens (primary N) is 2. The Morgan fingerprint density at radius 1 is 0.917 bits per heavy atom. The van der Waals surface area contributed by atoms with Gasteiger partial charge >= 0.3 is 15.6 Å². The van der Waals surface area contributed by atoms with Gasteiger partial charge in [0.25, 0.3) is 17.5 Å². The van der Waals surface area contributed by atoms with E-state index in [4.69, 9.17) is 34.9 Å². The minimum Gasteiger partial charge on any atom is -0.394 e. The summed E-state index contributed by atoms with van der Waals surface area (Å²) in [6.45, 7) is -1.42. The van der Waals surface area contributed by atoms with E-state index in [0.29, 0.717) is 0 Å². The van der Waals surface area contributed by atoms with E-state index in [-0.39, 0.29) is 34.2 Å². The highest BCUT2D eigenvalue weighted by atomic mass is 31.2. The number of aliphatic hydroxyl groups excluding tert-OH is 3. The third kappa shape index (κ3) is 6.48. The molecular weight excluding hydrogens is 690 g/mol. The second-order valence-corrected chi connectivity index (χ2v) is 13.4. The van der Waals surface area contributed by atoms with Gasteiger partial charge in [0.1, 0.15) is 43.0 Å². The van der Waals surface area contributed by atoms with Crippen LogP contribution >= 0.6 is 15.6 Å². The third-order valence-electron chi connectivity index (χ3n) is 7.50. The topological polar surface area (TPSA) is 361 Å². The fourth-order valence-electron chi connectivity index (χ4n) is 5.38. The fraction of sp³-hybridized carbons (Fsp3) is 0.545. The van der Waals surface area contributed by atoms with Gasteiger partial charge in [-0.2, -0.15) is 14.9 Å². The molecule has 0 radical (unpaired) electrons. The second kappa shape index (κ2) is 13.3. The second-order valence-electron chi connectivity index (χ2n) is 10.7. The SMILES string of the molecule is Nc1nc2c(ncn2[C@@H]2O[C@H](COP(=O)(O)CO[C@@H]3C(O)[C@H](n4cnc5c(=O)[nH]c(N)nc54)O[C@@H]3CO)[C@H](O)C2OC[P+](=O)O)c(=O)[nH]1. The van der Waals surface area contributed by atoms with Crippen molar-refractivity contribution in [2.75, 3.05) is 37.4 Å². The lowest BCUT2D eigenvalue weighted by atomic mass is 10.1. The molecule has 6 rings (SSSR count). The zero-order chi connectivity index (χ0) is 34.5. The van der Waals surface area contributed by atoms with E-state index in [0.717, 1.165) is 12.7 Å². The first kappa shape index (κ1) is 34.1. The Morgan fingerprint density at radius 3 is 2.04 bits per heavy atom. The van der Waals surface area contributed by atoms with Crippen molar-refractivity contribution in [3.05, 3.63) is 33.4 Å². The number of imidazole rings is 2. The number of hydrogen-bond acceptors (Lipinski definition) is 18. The molecule has 48 heavy (non-hydrogen) atoms. The Bertz CT molecular complexity index is 2000. The minimum absolute atomic E-state index is 0.0369. The first-order valence-electron chi connectivity index (χ1n) is 13.8. The number of H-pyrrole nitrogens is 2. The number of aliphatic hydroxyl groups is 3. The number of hydrogen-bond donors (Lipinski definition) is 9. The third-order valence-corrected chi connectivity index (χ3v) is 8.90. The molecular formula is C22H29N10O14P2+. The van der Waals surface area contributed by atoms with Crippen LogP contribution in [-0.2, 0) is 32.6 Å². The van der Waals surface area contributed by atoms with Crippen molar-refractivity contribution in [2.24, 2.45) is 0 Å². The Kier molecular flexibility index (Phi) is 9.43. The number of aromatic nitrogens is 8. The van der Waals surface area contributed by atoms with Gasteiger partial charge in [0.05, 0.1) is 25.9 Å². The Labute approximate surface area is 266 Å². The highest BCUT2D eigenvalue weighted by Gasteiger charge is 2.49. The summed E-state index contributed by atoms with van der Waals surface area (Å²) >= 11 is 0. The number of nitrogens with one attached hydrogen (secondary N) is 2. The Morgan fingerprint density at radius 2 is 1.48 bits per heavy atom. The lowest BCUT2D eigenvalue weighted by Gasteiger charge is -2.22. The molecule has 260 valence electrons. The number of aromatic amines is 2. The summed E-state index contributed by atoms with van der Waals surface area (Å²) < 4.78 is 54.2. The summed E-state index contributed by atoms with van der Waals surface area (Å²) in [5.41, 5.74) is 9.60. The molecule has 0 saturated carbocycles. The molecule has 2 fully saturated rings. The van der Waals surface area contributed by atoms with E-state index in [1.807, 2.05) is 0 Å². The predicted octanol–water partition coefficient (Wildman–Crippen LogP) is -3.45. The first-order valence-corrected chi connectivity index (χ1v) is 17.0. The van der Waals surface area contributed by atoms with Crippen molar-refractivity contribution in [1.82, 2.24) is 39.0 Å². The van der Waals surface area contributed by atoms with Gasteiger partial charge in [-0.3, -0.25) is 33.3 Å². The van der Waals surface area contributed by atoms with E-state index < -0.39 is 102 Å². The standard InChI is InChI=1S/C22H28N10O14P2/c23-21-27-15-9(17(36)29-21)25-3-31(15)19-12(35)13(7(1-33)45-19)43-6-48(40,41)44-2-8-11(34)14(42-5-47(38)39)20(46-8)32-4-26-10-16(32)28-22(24)30-18(10)37/h3-4,7-8,11-14,19-20,33-35H,1-2,5-6H2,(H7-,23,24,27,28,29,30,36,37,38,39,40,41)/p+1/t7-,8-,11+,12?,13+,14?,19-,20-/m1/s1. The van der Waals surface area contributed by atoms with Gasteiger partial charge in [0.2, 0.25) is 11.9 Å². The van der Waals surface area contributed by atoms with Crippen molar-refractivity contribution < 1.29 is 57.7 Å². The van der Waals surface area contributed by atoms with E-state index in [1.54, 1.807) is 0 Å². The summed E-state index contributed by atoms with van der Waals surface area (Å²) in [7, 11) is -7.49. The van der Waals surface area contributed by atoms with Gasteiger partial charge in [-0.15, -0.1) is 0 Å². The molecule has 0 aromatic carbocycles. The van der Waals surface area contributed by atoms with Gasteiger partial charge in [0, 0.05) is 0 Å². The summed E-state index contributed by atoms with van der Waals surface area (Å²) in [4.78, 5) is 64.7. The molecule has 0 spiro atoms. The molecule has 4 aromatic heterocycles. The first-order chi connectivity index (χ1) is 22.8. The van der Waals surface area contributed by atoms with Crippen molar-refractivity contribution in [1.29, 1.82) is 0 Å². The van der Waals surface area contributed by atoms with Crippen LogP contribution in [0.25, 0.3) is 22.3 Å². The van der Waals surface area contributed by atoms with Gasteiger partial charge in [-0.05, 0) is 4.57 Å². The highest BCUT2D eigenvalue weighted by molar-refractivity contribution is 7.52. The van der Waals surface area contributed by atoms with Gasteiger partial charge in [0.15, 0.2) is 34.8 Å². The van der Waals surface area contributed by atoms with Crippen LogP contribution in [0, 0.1) is 0 Å². The van der Waals surface area contributed by atoms with Crippen molar-refractivity contribution in [2.45, 2.75) is 49.1 Å². The smallest absolute Gasteiger partial charge is 0.394 e. The molecule has 0 aliphatic carbocycles. The highest BCUT2D eigenvalue weighted by Crippen LogP contribution is 2.45. The van der Waals surface area contributed by atoms with Crippen LogP contribution in [0.1, 0.15) is 12.5 Å². The number of rotatable bonds is 12. The maximum absolute atomic E-state index is 13.0. The lowest BCUT2D eigenvalue weighted by Crippen LogP contribution is -2.37. The van der Waals surface area contributed by atoms with E-state index in [1.165, 1.54) is 9.13 Å². The van der Waals surface area contributed by atoms with Gasteiger partial charge in [-0.1, -0.05) is 0 Å². The molecule has 2 aliphatic rings. The maximum Gasteiger partial charge on any atom is 0.534 e. The van der Waals surface area contributed by atoms with Crippen LogP contribution in [0.4, 0.5) is 11.9 Å². The van der Waals surface area contributed by atoms with Crippen LogP contribution < -0.4 is 22.6 Å². The van der Waals surface area contributed by atoms with Crippen molar-refractivity contribution in [3.63, 3.8) is 0 Å². The monoisotopic (exact) mass is 719 g/mol. The van der Waals surface area contributed by atoms with Crippen LogP contribution in [-0.4, -0.2) is 127 Å².